The topological polar surface area (TPSA) is 64.0 Å². The van der Waals surface area contributed by atoms with Gasteiger partial charge in [-0.15, -0.1) is 0 Å². The molecule has 0 radical (unpaired) electrons. The Labute approximate surface area is 75.8 Å². The van der Waals surface area contributed by atoms with Crippen LogP contribution in [0.15, 0.2) is 12.5 Å². The lowest BCUT2D eigenvalue weighted by molar-refractivity contribution is -0.121. The largest absolute Gasteiger partial charge is 0.355 e. The van der Waals surface area contributed by atoms with Crippen LogP contribution in [0.25, 0.3) is 0 Å². The number of rotatable bonds is 4. The molecule has 1 rings (SSSR count). The van der Waals surface area contributed by atoms with Gasteiger partial charge in [-0.1, -0.05) is 0 Å². The molecule has 0 bridgehead atoms. The van der Waals surface area contributed by atoms with E-state index in [9.17, 15) is 9.59 Å². The van der Waals surface area contributed by atoms with Gasteiger partial charge in [-0.3, -0.25) is 9.59 Å². The fraction of sp³-hybridized carbons (Fsp3) is 0.375. The Kier molecular flexibility index (Phi) is 3.19. The zero-order chi connectivity index (χ0) is 9.68. The standard InChI is InChI=1S/C8H11N3O2/c1-2-10-8(13)4-11-6-9-3-7(11)5-12/h3,5-6H,2,4H2,1H3,(H,10,13). The Hall–Kier alpha value is -1.65. The van der Waals surface area contributed by atoms with Gasteiger partial charge in [-0.25, -0.2) is 4.98 Å². The average Bonchev–Trinajstić information content (AvgIpc) is 2.52. The van der Waals surface area contributed by atoms with Gasteiger partial charge in [0.2, 0.25) is 5.91 Å². The van der Waals surface area contributed by atoms with Crippen LogP contribution in [0.1, 0.15) is 17.4 Å². The Balaban J connectivity index is 2.62. The maximum absolute atomic E-state index is 11.1. The van der Waals surface area contributed by atoms with E-state index in [2.05, 4.69) is 10.3 Å². The molecule has 0 unspecified atom stereocenters. The van der Waals surface area contributed by atoms with E-state index in [-0.39, 0.29) is 12.5 Å². The van der Waals surface area contributed by atoms with Crippen LogP contribution in [0.5, 0.6) is 0 Å². The number of nitrogens with zero attached hydrogens (tertiary/aromatic N) is 2. The number of amides is 1. The summed E-state index contributed by atoms with van der Waals surface area (Å²) in [6.07, 6.45) is 3.55. The predicted molar refractivity (Wildman–Crippen MR) is 46.3 cm³/mol. The number of nitrogens with one attached hydrogen (secondary N) is 1. The fourth-order valence-electron chi connectivity index (χ4n) is 0.969. The number of aromatic nitrogens is 2. The molecule has 70 valence electrons. The molecule has 1 amide bonds. The number of imidazole rings is 1. The molecule has 1 aromatic heterocycles. The monoisotopic (exact) mass is 181 g/mol. The Morgan fingerprint density at radius 3 is 3.15 bits per heavy atom. The van der Waals surface area contributed by atoms with Gasteiger partial charge in [0.1, 0.15) is 12.2 Å². The molecule has 1 N–H and O–H groups in total. The van der Waals surface area contributed by atoms with E-state index in [0.29, 0.717) is 18.5 Å². The zero-order valence-electron chi connectivity index (χ0n) is 7.36. The van der Waals surface area contributed by atoms with E-state index >= 15 is 0 Å². The molecule has 0 aliphatic carbocycles. The van der Waals surface area contributed by atoms with Crippen molar-refractivity contribution >= 4 is 12.2 Å². The third kappa shape index (κ3) is 2.40. The summed E-state index contributed by atoms with van der Waals surface area (Å²) in [5, 5.41) is 2.63. The van der Waals surface area contributed by atoms with E-state index in [4.69, 9.17) is 0 Å². The molecule has 0 aliphatic heterocycles. The molecule has 0 saturated heterocycles. The highest BCUT2D eigenvalue weighted by atomic mass is 16.2. The molecule has 5 nitrogen and oxygen atoms in total. The third-order valence-electron chi connectivity index (χ3n) is 1.55. The lowest BCUT2D eigenvalue weighted by Crippen LogP contribution is -2.27. The maximum Gasteiger partial charge on any atom is 0.239 e. The van der Waals surface area contributed by atoms with Crippen LogP contribution in [0.2, 0.25) is 0 Å². The zero-order valence-corrected chi connectivity index (χ0v) is 7.36. The van der Waals surface area contributed by atoms with Gasteiger partial charge >= 0.3 is 0 Å². The minimum Gasteiger partial charge on any atom is -0.355 e. The first-order valence-electron chi connectivity index (χ1n) is 4.00. The first-order chi connectivity index (χ1) is 6.27. The van der Waals surface area contributed by atoms with Gasteiger partial charge in [-0.05, 0) is 6.92 Å². The van der Waals surface area contributed by atoms with Crippen molar-refractivity contribution in [3.63, 3.8) is 0 Å². The molecule has 1 aromatic rings. The van der Waals surface area contributed by atoms with Crippen molar-refractivity contribution in [1.82, 2.24) is 14.9 Å². The summed E-state index contributed by atoms with van der Waals surface area (Å²) in [7, 11) is 0. The van der Waals surface area contributed by atoms with Crippen LogP contribution in [-0.4, -0.2) is 28.3 Å². The molecule has 13 heavy (non-hydrogen) atoms. The fourth-order valence-corrected chi connectivity index (χ4v) is 0.969. The summed E-state index contributed by atoms with van der Waals surface area (Å²) in [6, 6.07) is 0. The molecule has 5 heteroatoms. The van der Waals surface area contributed by atoms with E-state index in [1.165, 1.54) is 17.1 Å². The molecule has 0 aliphatic rings. The summed E-state index contributed by atoms with van der Waals surface area (Å²) < 4.78 is 1.50. The number of carbonyl (C=O) groups excluding carboxylic acids is 2. The lowest BCUT2D eigenvalue weighted by atomic mass is 10.5. The van der Waals surface area contributed by atoms with E-state index in [1.807, 2.05) is 6.92 Å². The number of hydrogen-bond acceptors (Lipinski definition) is 3. The summed E-state index contributed by atoms with van der Waals surface area (Å²) in [6.45, 7) is 2.57. The van der Waals surface area contributed by atoms with Gasteiger partial charge in [-0.2, -0.15) is 0 Å². The Morgan fingerprint density at radius 2 is 2.54 bits per heavy atom. The van der Waals surface area contributed by atoms with Crippen molar-refractivity contribution in [2.75, 3.05) is 6.54 Å². The van der Waals surface area contributed by atoms with E-state index in [0.717, 1.165) is 0 Å². The van der Waals surface area contributed by atoms with Crippen LogP contribution >= 0.6 is 0 Å². The smallest absolute Gasteiger partial charge is 0.239 e. The molecule has 0 aromatic carbocycles. The Bertz CT molecular complexity index is 306. The van der Waals surface area contributed by atoms with Crippen LogP contribution in [-0.2, 0) is 11.3 Å². The summed E-state index contributed by atoms with van der Waals surface area (Å²) in [5.41, 5.74) is 0.409. The highest BCUT2D eigenvalue weighted by molar-refractivity contribution is 5.77. The van der Waals surface area contributed by atoms with Crippen LogP contribution < -0.4 is 5.32 Å². The first-order valence-corrected chi connectivity index (χ1v) is 4.00. The van der Waals surface area contributed by atoms with Gasteiger partial charge < -0.3 is 9.88 Å². The molecular formula is C8H11N3O2. The Morgan fingerprint density at radius 1 is 1.77 bits per heavy atom. The van der Waals surface area contributed by atoms with Crippen LogP contribution in [0.3, 0.4) is 0 Å². The quantitative estimate of drug-likeness (QED) is 0.656. The highest BCUT2D eigenvalue weighted by Gasteiger charge is 2.04. The molecule has 0 atom stereocenters. The minimum absolute atomic E-state index is 0.122. The van der Waals surface area contributed by atoms with E-state index < -0.39 is 0 Å². The van der Waals surface area contributed by atoms with E-state index in [1.54, 1.807) is 0 Å². The molecular weight excluding hydrogens is 170 g/mol. The van der Waals surface area contributed by atoms with Crippen LogP contribution in [0.4, 0.5) is 0 Å². The summed E-state index contributed by atoms with van der Waals surface area (Å²) in [5.74, 6) is -0.122. The summed E-state index contributed by atoms with van der Waals surface area (Å²) >= 11 is 0. The van der Waals surface area contributed by atoms with Crippen molar-refractivity contribution in [3.8, 4) is 0 Å². The number of aldehydes is 1. The van der Waals surface area contributed by atoms with Crippen molar-refractivity contribution in [1.29, 1.82) is 0 Å². The number of carbonyl (C=O) groups is 2. The summed E-state index contributed by atoms with van der Waals surface area (Å²) in [4.78, 5) is 25.3. The number of likely N-dealkylation sites (N-methyl/N-ethyl adjacent to an activating group) is 1. The molecule has 0 spiro atoms. The predicted octanol–water partition coefficient (Wildman–Crippen LogP) is -0.168. The SMILES string of the molecule is CCNC(=O)Cn1cncc1C=O. The maximum atomic E-state index is 11.1. The highest BCUT2D eigenvalue weighted by Crippen LogP contribution is 1.94. The first kappa shape index (κ1) is 9.44. The van der Waals surface area contributed by atoms with Gasteiger partial charge in [0.25, 0.3) is 0 Å². The van der Waals surface area contributed by atoms with Gasteiger partial charge in [0, 0.05) is 6.54 Å². The van der Waals surface area contributed by atoms with Gasteiger partial charge in [0.15, 0.2) is 6.29 Å². The van der Waals surface area contributed by atoms with Crippen molar-refractivity contribution in [3.05, 3.63) is 18.2 Å². The molecule has 0 saturated carbocycles. The van der Waals surface area contributed by atoms with Crippen LogP contribution in [0, 0.1) is 0 Å². The lowest BCUT2D eigenvalue weighted by Gasteiger charge is -2.03. The minimum atomic E-state index is -0.122. The second kappa shape index (κ2) is 4.39. The average molecular weight is 181 g/mol. The molecule has 1 heterocycles. The number of hydrogen-bond donors (Lipinski definition) is 1. The van der Waals surface area contributed by atoms with Crippen molar-refractivity contribution < 1.29 is 9.59 Å². The normalized spacial score (nSPS) is 9.62. The third-order valence-corrected chi connectivity index (χ3v) is 1.55. The second-order valence-corrected chi connectivity index (χ2v) is 2.52. The molecule has 0 fully saturated rings. The van der Waals surface area contributed by atoms with Crippen molar-refractivity contribution in [2.24, 2.45) is 0 Å². The second-order valence-electron chi connectivity index (χ2n) is 2.52. The van der Waals surface area contributed by atoms with Crippen molar-refractivity contribution in [2.45, 2.75) is 13.5 Å². The van der Waals surface area contributed by atoms with Gasteiger partial charge in [0.05, 0.1) is 12.5 Å².